The predicted molar refractivity (Wildman–Crippen MR) is 85.1 cm³/mol. The van der Waals surface area contributed by atoms with Crippen molar-refractivity contribution in [2.45, 2.75) is 42.0 Å². The summed E-state index contributed by atoms with van der Waals surface area (Å²) in [6, 6.07) is -0.572. The molecule has 27 heavy (non-hydrogen) atoms. The van der Waals surface area contributed by atoms with Crippen molar-refractivity contribution in [1.82, 2.24) is 10.2 Å². The molecule has 0 saturated carbocycles. The van der Waals surface area contributed by atoms with Gasteiger partial charge < -0.3 is 30.0 Å². The largest absolute Gasteiger partial charge is 1.00 e. The van der Waals surface area contributed by atoms with Crippen LogP contribution < -0.4 is 74.6 Å². The third kappa shape index (κ3) is 4.42. The van der Waals surface area contributed by atoms with E-state index in [2.05, 4.69) is 5.32 Å². The molecule has 2 amide bonds. The fourth-order valence-corrected chi connectivity index (χ4v) is 5.50. The van der Waals surface area contributed by atoms with E-state index in [1.807, 2.05) is 0 Å². The number of rotatable bonds is 5. The first kappa shape index (κ1) is 25.0. The van der Waals surface area contributed by atoms with Crippen LogP contribution in [-0.2, 0) is 19.2 Å². The minimum absolute atomic E-state index is 0. The Labute approximate surface area is 208 Å². The summed E-state index contributed by atoms with van der Waals surface area (Å²) >= 11 is 2.47. The SMILES string of the molecule is CC1(C)S[C@@H]2[C@@H](NC(=O)[C@H](C(=O)[O-])c3ccsc3)C(=O)N2[C@@H]1C(=O)[O-].[Na+].[Na+]. The number of amides is 2. The zero-order chi connectivity index (χ0) is 18.5. The number of carbonyl (C=O) groups is 4. The van der Waals surface area contributed by atoms with E-state index >= 15 is 0 Å². The number of thiophene rings is 1. The molecular formula is C15H14N2Na2O6S2. The first-order chi connectivity index (χ1) is 11.6. The Bertz CT molecular complexity index is 757. The molecule has 1 N–H and O–H groups in total. The van der Waals surface area contributed by atoms with Gasteiger partial charge in [-0.05, 0) is 36.2 Å². The van der Waals surface area contributed by atoms with Crippen molar-refractivity contribution < 1.29 is 88.5 Å². The van der Waals surface area contributed by atoms with E-state index in [-0.39, 0.29) is 64.7 Å². The smallest absolute Gasteiger partial charge is 0.549 e. The molecule has 134 valence electrons. The van der Waals surface area contributed by atoms with Gasteiger partial charge in [0.15, 0.2) is 0 Å². The fourth-order valence-electron chi connectivity index (χ4n) is 3.20. The molecule has 3 heterocycles. The Morgan fingerprint density at radius 2 is 1.89 bits per heavy atom. The van der Waals surface area contributed by atoms with Crippen LogP contribution in [0, 0.1) is 0 Å². The van der Waals surface area contributed by atoms with Crippen molar-refractivity contribution in [2.24, 2.45) is 0 Å². The number of nitrogens with zero attached hydrogens (tertiary/aromatic N) is 1. The maximum absolute atomic E-state index is 12.4. The zero-order valence-corrected chi connectivity index (χ0v) is 20.9. The first-order valence-electron chi connectivity index (χ1n) is 7.39. The van der Waals surface area contributed by atoms with E-state index in [1.54, 1.807) is 19.2 Å². The van der Waals surface area contributed by atoms with Gasteiger partial charge in [-0.3, -0.25) is 9.59 Å². The monoisotopic (exact) mass is 428 g/mol. The molecule has 2 aliphatic heterocycles. The standard InChI is InChI=1S/C15H16N2O6S2.2Na/c1-15(2)9(14(22)23)17-11(19)8(12(17)25-15)16-10(18)7(13(20)21)6-3-4-24-5-6;;/h3-5,7-9,12H,1-2H3,(H,16,18)(H,20,21)(H,22,23);;/q;2*+1/p-2/t7-,8+,9-,12-;;/m1../s1. The van der Waals surface area contributed by atoms with Gasteiger partial charge >= 0.3 is 59.1 Å². The average Bonchev–Trinajstić information content (AvgIpc) is 3.09. The Morgan fingerprint density at radius 3 is 2.37 bits per heavy atom. The number of thioether (sulfide) groups is 1. The number of hydrogen-bond donors (Lipinski definition) is 1. The molecule has 12 heteroatoms. The molecule has 0 radical (unpaired) electrons. The van der Waals surface area contributed by atoms with E-state index in [4.69, 9.17) is 0 Å². The molecule has 4 atom stereocenters. The molecule has 0 aromatic carbocycles. The van der Waals surface area contributed by atoms with Gasteiger partial charge in [0.2, 0.25) is 11.8 Å². The second-order valence-corrected chi connectivity index (χ2v) is 8.92. The summed E-state index contributed by atoms with van der Waals surface area (Å²) in [5.41, 5.74) is 0.276. The summed E-state index contributed by atoms with van der Waals surface area (Å²) in [5.74, 6) is -5.86. The molecule has 2 saturated heterocycles. The van der Waals surface area contributed by atoms with Crippen molar-refractivity contribution in [3.63, 3.8) is 0 Å². The van der Waals surface area contributed by atoms with E-state index in [0.29, 0.717) is 0 Å². The van der Waals surface area contributed by atoms with Crippen molar-refractivity contribution in [3.05, 3.63) is 22.4 Å². The van der Waals surface area contributed by atoms with Crippen LogP contribution in [0.25, 0.3) is 0 Å². The second-order valence-electron chi connectivity index (χ2n) is 6.37. The second kappa shape index (κ2) is 9.17. The quantitative estimate of drug-likeness (QED) is 0.280. The normalized spacial score (nSPS) is 25.9. The van der Waals surface area contributed by atoms with Crippen LogP contribution in [0.4, 0.5) is 0 Å². The van der Waals surface area contributed by atoms with Crippen LogP contribution in [0.5, 0.6) is 0 Å². The summed E-state index contributed by atoms with van der Waals surface area (Å²) in [6.45, 7) is 3.36. The Balaban J connectivity index is 0.00000182. The number of carbonyl (C=O) groups excluding carboxylic acids is 4. The summed E-state index contributed by atoms with van der Waals surface area (Å²) in [4.78, 5) is 48.5. The van der Waals surface area contributed by atoms with E-state index in [9.17, 15) is 29.4 Å². The van der Waals surface area contributed by atoms with Gasteiger partial charge in [-0.2, -0.15) is 11.3 Å². The van der Waals surface area contributed by atoms with Crippen molar-refractivity contribution in [2.75, 3.05) is 0 Å². The first-order valence-corrected chi connectivity index (χ1v) is 9.21. The van der Waals surface area contributed by atoms with Gasteiger partial charge in [0.1, 0.15) is 17.3 Å². The number of nitrogens with one attached hydrogen (secondary N) is 1. The number of carboxylic acids is 2. The molecule has 0 spiro atoms. The molecule has 0 aliphatic carbocycles. The zero-order valence-electron chi connectivity index (χ0n) is 15.3. The van der Waals surface area contributed by atoms with Gasteiger partial charge in [-0.25, -0.2) is 0 Å². The molecule has 0 unspecified atom stereocenters. The third-order valence-electron chi connectivity index (χ3n) is 4.34. The molecule has 3 rings (SSSR count). The maximum atomic E-state index is 12.4. The van der Waals surface area contributed by atoms with Crippen LogP contribution >= 0.6 is 23.1 Å². The topological polar surface area (TPSA) is 130 Å². The van der Waals surface area contributed by atoms with Gasteiger partial charge in [-0.1, -0.05) is 0 Å². The molecule has 0 bridgehead atoms. The number of β-lactam (4-membered cyclic amide) rings is 1. The van der Waals surface area contributed by atoms with Crippen LogP contribution in [0.3, 0.4) is 0 Å². The minimum Gasteiger partial charge on any atom is -0.549 e. The van der Waals surface area contributed by atoms with Crippen LogP contribution in [-0.4, -0.2) is 50.9 Å². The van der Waals surface area contributed by atoms with Crippen molar-refractivity contribution >= 4 is 46.9 Å². The maximum Gasteiger partial charge on any atom is 1.00 e. The van der Waals surface area contributed by atoms with Crippen molar-refractivity contribution in [1.29, 1.82) is 0 Å². The summed E-state index contributed by atoms with van der Waals surface area (Å²) in [7, 11) is 0. The number of carboxylic acid groups (broad SMARTS) is 2. The number of hydrogen-bond acceptors (Lipinski definition) is 8. The van der Waals surface area contributed by atoms with E-state index < -0.39 is 51.9 Å². The Hall–Kier alpha value is -0.0700. The van der Waals surface area contributed by atoms with E-state index in [1.165, 1.54) is 39.4 Å². The summed E-state index contributed by atoms with van der Waals surface area (Å²) < 4.78 is -0.778. The minimum atomic E-state index is -1.56. The molecular weight excluding hydrogens is 414 g/mol. The Morgan fingerprint density at radius 1 is 1.26 bits per heavy atom. The summed E-state index contributed by atoms with van der Waals surface area (Å²) in [5, 5.41) is 27.7. The number of aliphatic carboxylic acids is 2. The third-order valence-corrected chi connectivity index (χ3v) is 6.61. The van der Waals surface area contributed by atoms with Gasteiger partial charge in [0, 0.05) is 4.75 Å². The molecule has 1 aromatic rings. The Kier molecular flexibility index (Phi) is 8.48. The van der Waals surface area contributed by atoms with Gasteiger partial charge in [-0.15, -0.1) is 11.8 Å². The van der Waals surface area contributed by atoms with E-state index in [0.717, 1.165) is 0 Å². The van der Waals surface area contributed by atoms with Gasteiger partial charge in [0.05, 0.1) is 18.0 Å². The van der Waals surface area contributed by atoms with Crippen LogP contribution in [0.2, 0.25) is 0 Å². The fraction of sp³-hybridized carbons (Fsp3) is 0.467. The van der Waals surface area contributed by atoms with Crippen LogP contribution in [0.1, 0.15) is 25.3 Å². The molecule has 8 nitrogen and oxygen atoms in total. The molecule has 2 fully saturated rings. The number of fused-ring (bicyclic) bond motifs is 1. The van der Waals surface area contributed by atoms with Crippen LogP contribution in [0.15, 0.2) is 16.8 Å². The summed E-state index contributed by atoms with van der Waals surface area (Å²) in [6.07, 6.45) is 0. The average molecular weight is 428 g/mol. The molecule has 2 aliphatic rings. The molecule has 1 aromatic heterocycles. The predicted octanol–water partition coefficient (Wildman–Crippen LogP) is -8.11. The van der Waals surface area contributed by atoms with Crippen molar-refractivity contribution in [3.8, 4) is 0 Å². The van der Waals surface area contributed by atoms with Gasteiger partial charge in [0.25, 0.3) is 0 Å².